The van der Waals surface area contributed by atoms with E-state index in [1.54, 1.807) is 6.07 Å². The van der Waals surface area contributed by atoms with Crippen LogP contribution in [0.3, 0.4) is 0 Å². The van der Waals surface area contributed by atoms with Crippen LogP contribution in [0, 0.1) is 0 Å². The number of phenols is 1. The molecule has 1 fully saturated rings. The highest BCUT2D eigenvalue weighted by Crippen LogP contribution is 2.27. The zero-order chi connectivity index (χ0) is 25.1. The van der Waals surface area contributed by atoms with Crippen molar-refractivity contribution in [1.82, 2.24) is 15.1 Å². The zero-order valence-electron chi connectivity index (χ0n) is 19.0. The molecule has 0 aliphatic carbocycles. The average molecular weight is 482 g/mol. The van der Waals surface area contributed by atoms with E-state index in [9.17, 15) is 23.1 Å². The number of amides is 1. The Bertz CT molecular complexity index is 931. The summed E-state index contributed by atoms with van der Waals surface area (Å²) in [7, 11) is 0. The summed E-state index contributed by atoms with van der Waals surface area (Å²) in [6.07, 6.45) is -4.12. The lowest BCUT2D eigenvalue weighted by atomic mass is 10.0. The minimum absolute atomic E-state index is 0.110. The maximum absolute atomic E-state index is 11.9. The van der Waals surface area contributed by atoms with Gasteiger partial charge in [-0.25, -0.2) is 4.79 Å². The summed E-state index contributed by atoms with van der Waals surface area (Å²) in [5.74, 6) is -2.30. The molecular formula is C24H30F3N3O4. The van der Waals surface area contributed by atoms with Crippen molar-refractivity contribution < 1.29 is 33.0 Å². The van der Waals surface area contributed by atoms with E-state index in [0.717, 1.165) is 62.4 Å². The molecule has 3 rings (SSSR count). The number of phenolic OH excluding ortho intramolecular Hbond substituents is 1. The Kier molecular flexibility index (Phi) is 10.3. The average Bonchev–Trinajstić information content (AvgIpc) is 2.81. The minimum atomic E-state index is -5.08. The van der Waals surface area contributed by atoms with Gasteiger partial charge in [0.05, 0.1) is 6.54 Å². The second kappa shape index (κ2) is 13.0. The van der Waals surface area contributed by atoms with Gasteiger partial charge in [0.2, 0.25) is 5.91 Å². The monoisotopic (exact) mass is 481 g/mol. The molecule has 2 aromatic rings. The van der Waals surface area contributed by atoms with Gasteiger partial charge in [-0.15, -0.1) is 0 Å². The van der Waals surface area contributed by atoms with Crippen molar-refractivity contribution in [2.24, 2.45) is 0 Å². The van der Waals surface area contributed by atoms with Crippen molar-refractivity contribution in [1.29, 1.82) is 0 Å². The first kappa shape index (κ1) is 27.1. The lowest BCUT2D eigenvalue weighted by molar-refractivity contribution is -0.192. The Balaban J connectivity index is 0.000000509. The Labute approximate surface area is 196 Å². The number of alkyl halides is 3. The third-order valence-electron chi connectivity index (χ3n) is 5.23. The molecule has 0 aromatic heterocycles. The van der Waals surface area contributed by atoms with E-state index in [-0.39, 0.29) is 5.91 Å². The van der Waals surface area contributed by atoms with E-state index in [1.807, 2.05) is 24.3 Å². The third-order valence-corrected chi connectivity index (χ3v) is 5.23. The summed E-state index contributed by atoms with van der Waals surface area (Å²) in [4.78, 5) is 25.3. The number of nitrogens with one attached hydrogen (secondary N) is 1. The molecule has 0 radical (unpaired) electrons. The first-order valence-electron chi connectivity index (χ1n) is 11.0. The lowest BCUT2D eigenvalue weighted by Crippen LogP contribution is -2.49. The topological polar surface area (TPSA) is 93.1 Å². The van der Waals surface area contributed by atoms with Crippen LogP contribution < -0.4 is 5.32 Å². The highest BCUT2D eigenvalue weighted by atomic mass is 19.4. The number of aromatic hydroxyl groups is 1. The van der Waals surface area contributed by atoms with Gasteiger partial charge >= 0.3 is 12.1 Å². The number of carbonyl (C=O) groups is 2. The van der Waals surface area contributed by atoms with Gasteiger partial charge < -0.3 is 15.5 Å². The second-order valence-electron chi connectivity index (χ2n) is 7.91. The van der Waals surface area contributed by atoms with E-state index >= 15 is 0 Å². The first-order valence-corrected chi connectivity index (χ1v) is 11.0. The molecule has 1 aliphatic heterocycles. The quantitative estimate of drug-likeness (QED) is 0.562. The van der Waals surface area contributed by atoms with E-state index in [2.05, 4.69) is 40.2 Å². The number of aliphatic carboxylic acids is 1. The number of hydrogen-bond donors (Lipinski definition) is 3. The molecule has 34 heavy (non-hydrogen) atoms. The van der Waals surface area contributed by atoms with Crippen molar-refractivity contribution in [2.45, 2.75) is 26.1 Å². The van der Waals surface area contributed by atoms with Crippen molar-refractivity contribution >= 4 is 11.9 Å². The normalized spacial score (nSPS) is 14.7. The molecule has 1 saturated heterocycles. The van der Waals surface area contributed by atoms with E-state index in [4.69, 9.17) is 9.90 Å². The number of halogens is 3. The fourth-order valence-electron chi connectivity index (χ4n) is 3.39. The summed E-state index contributed by atoms with van der Waals surface area (Å²) in [5.41, 5.74) is 3.22. The first-order chi connectivity index (χ1) is 16.1. The molecule has 0 unspecified atom stereocenters. The third kappa shape index (κ3) is 9.03. The summed E-state index contributed by atoms with van der Waals surface area (Å²) < 4.78 is 31.7. The molecule has 1 amide bonds. The van der Waals surface area contributed by atoms with Gasteiger partial charge in [0.1, 0.15) is 5.75 Å². The number of carboxylic acids is 1. The largest absolute Gasteiger partial charge is 0.508 e. The van der Waals surface area contributed by atoms with Gasteiger partial charge in [0, 0.05) is 44.8 Å². The van der Waals surface area contributed by atoms with Crippen LogP contribution in [0.25, 0.3) is 11.1 Å². The number of carboxylic acid groups (broad SMARTS) is 1. The fraction of sp³-hybridized carbons (Fsp3) is 0.417. The van der Waals surface area contributed by atoms with Crippen molar-refractivity contribution in [3.8, 4) is 16.9 Å². The summed E-state index contributed by atoms with van der Waals surface area (Å²) in [5, 5.41) is 20.3. The number of carbonyl (C=O) groups excluding carboxylic acids is 1. The van der Waals surface area contributed by atoms with Gasteiger partial charge in [-0.3, -0.25) is 14.6 Å². The summed E-state index contributed by atoms with van der Waals surface area (Å²) >= 11 is 0. The van der Waals surface area contributed by atoms with E-state index < -0.39 is 12.1 Å². The number of nitrogens with zero attached hydrogens (tertiary/aromatic N) is 2. The molecule has 1 heterocycles. The Morgan fingerprint density at radius 1 is 0.971 bits per heavy atom. The number of piperazine rings is 1. The van der Waals surface area contributed by atoms with Gasteiger partial charge in [0.25, 0.3) is 0 Å². The number of benzene rings is 2. The van der Waals surface area contributed by atoms with E-state index in [0.29, 0.717) is 12.3 Å². The summed E-state index contributed by atoms with van der Waals surface area (Å²) in [6.45, 7) is 7.55. The van der Waals surface area contributed by atoms with Crippen LogP contribution in [0.15, 0.2) is 48.5 Å². The molecule has 0 saturated carbocycles. The SMILES string of the molecule is CCCNC(=O)CN1CCN(Cc2cc(-c3ccccc3)ccc2O)CC1.O=C(O)C(F)(F)F. The molecule has 186 valence electrons. The highest BCUT2D eigenvalue weighted by molar-refractivity contribution is 5.78. The molecule has 10 heteroatoms. The fourth-order valence-corrected chi connectivity index (χ4v) is 3.39. The van der Waals surface area contributed by atoms with Gasteiger partial charge in [-0.1, -0.05) is 43.3 Å². The predicted octanol–water partition coefficient (Wildman–Crippen LogP) is 3.34. The number of hydrogen-bond acceptors (Lipinski definition) is 5. The lowest BCUT2D eigenvalue weighted by Gasteiger charge is -2.34. The molecule has 2 aromatic carbocycles. The van der Waals surface area contributed by atoms with Crippen LogP contribution >= 0.6 is 0 Å². The van der Waals surface area contributed by atoms with Crippen molar-refractivity contribution in [2.75, 3.05) is 39.3 Å². The van der Waals surface area contributed by atoms with Gasteiger partial charge in [-0.05, 0) is 29.7 Å². The Morgan fingerprint density at radius 2 is 1.56 bits per heavy atom. The molecule has 0 bridgehead atoms. The number of rotatable bonds is 7. The second-order valence-corrected chi connectivity index (χ2v) is 7.91. The van der Waals surface area contributed by atoms with Crippen molar-refractivity contribution in [3.63, 3.8) is 0 Å². The smallest absolute Gasteiger partial charge is 0.490 e. The van der Waals surface area contributed by atoms with Gasteiger partial charge in [0.15, 0.2) is 0 Å². The minimum Gasteiger partial charge on any atom is -0.508 e. The molecule has 7 nitrogen and oxygen atoms in total. The Hall–Kier alpha value is -3.11. The highest BCUT2D eigenvalue weighted by Gasteiger charge is 2.38. The van der Waals surface area contributed by atoms with Gasteiger partial charge in [-0.2, -0.15) is 13.2 Å². The van der Waals surface area contributed by atoms with Crippen LogP contribution in [-0.4, -0.2) is 77.3 Å². The maximum atomic E-state index is 11.9. The van der Waals surface area contributed by atoms with Crippen LogP contribution in [0.1, 0.15) is 18.9 Å². The molecule has 1 aliphatic rings. The predicted molar refractivity (Wildman–Crippen MR) is 122 cm³/mol. The van der Waals surface area contributed by atoms with Crippen LogP contribution in [0.5, 0.6) is 5.75 Å². The summed E-state index contributed by atoms with van der Waals surface area (Å²) in [6, 6.07) is 16.0. The standard InChI is InChI=1S/C22H29N3O2.C2HF3O2/c1-2-10-23-22(27)17-25-13-11-24(12-14-25)16-20-15-19(8-9-21(20)26)18-6-4-3-5-7-18;3-2(4,5)1(6)7/h3-9,15,26H,2,10-14,16-17H2,1H3,(H,23,27);(H,6,7). The molecule has 3 N–H and O–H groups in total. The molecule has 0 atom stereocenters. The van der Waals surface area contributed by atoms with E-state index in [1.165, 1.54) is 0 Å². The molecule has 0 spiro atoms. The Morgan fingerprint density at radius 3 is 2.12 bits per heavy atom. The van der Waals surface area contributed by atoms with Crippen LogP contribution in [0.2, 0.25) is 0 Å². The maximum Gasteiger partial charge on any atom is 0.490 e. The zero-order valence-corrected chi connectivity index (χ0v) is 19.0. The van der Waals surface area contributed by atoms with Crippen LogP contribution in [-0.2, 0) is 16.1 Å². The molecular weight excluding hydrogens is 451 g/mol. The van der Waals surface area contributed by atoms with Crippen molar-refractivity contribution in [3.05, 3.63) is 54.1 Å². The van der Waals surface area contributed by atoms with Crippen LogP contribution in [0.4, 0.5) is 13.2 Å².